The molecule has 2 aromatic carbocycles. The number of imidazole rings is 1. The fraction of sp³-hybridized carbons (Fsp3) is 0.0556. The number of anilines is 2. The normalized spacial score (nSPS) is 11.8. The Hall–Kier alpha value is -3.32. The number of nitrogen functional groups attached to an aromatic ring is 1. The van der Waals surface area contributed by atoms with E-state index < -0.39 is 0 Å². The molecule has 0 aliphatic carbocycles. The van der Waals surface area contributed by atoms with Crippen LogP contribution in [0.3, 0.4) is 0 Å². The summed E-state index contributed by atoms with van der Waals surface area (Å²) in [5.41, 5.74) is 15.8. The van der Waals surface area contributed by atoms with Gasteiger partial charge in [-0.3, -0.25) is 0 Å². The summed E-state index contributed by atoms with van der Waals surface area (Å²) >= 11 is 5.83. The van der Waals surface area contributed by atoms with Crippen LogP contribution in [0.2, 0.25) is 5.02 Å². The van der Waals surface area contributed by atoms with Gasteiger partial charge in [0, 0.05) is 16.9 Å². The molecule has 0 amide bonds. The van der Waals surface area contributed by atoms with Gasteiger partial charge in [0.05, 0.1) is 29.1 Å². The number of guanidine groups is 1. The molecule has 1 heterocycles. The standard InChI is InChI=1S/C18H18ClN7/c1-12-9-26(11-24-12)17-7-6-15(8-16(17)20)25-18(21)23-10-22-14-4-2-13(19)3-5-14/h2-11H,20H2,1H3,(H3,21,22,23,25). The van der Waals surface area contributed by atoms with Crippen LogP contribution >= 0.6 is 11.6 Å². The minimum Gasteiger partial charge on any atom is -0.397 e. The molecule has 5 N–H and O–H groups in total. The van der Waals surface area contributed by atoms with Crippen molar-refractivity contribution in [1.29, 1.82) is 0 Å². The predicted octanol–water partition coefficient (Wildman–Crippen LogP) is 3.50. The van der Waals surface area contributed by atoms with Crippen molar-refractivity contribution in [3.8, 4) is 5.69 Å². The second-order valence-corrected chi connectivity index (χ2v) is 5.99. The molecule has 0 radical (unpaired) electrons. The number of aliphatic imine (C=N–C) groups is 2. The van der Waals surface area contributed by atoms with Crippen molar-refractivity contribution in [2.45, 2.75) is 6.92 Å². The summed E-state index contributed by atoms with van der Waals surface area (Å²) in [4.78, 5) is 12.4. The summed E-state index contributed by atoms with van der Waals surface area (Å²) in [5.74, 6) is 0.202. The third-order valence-corrected chi connectivity index (χ3v) is 3.77. The summed E-state index contributed by atoms with van der Waals surface area (Å²) in [6.45, 7) is 1.92. The number of hydrogen-bond donors (Lipinski definition) is 3. The third-order valence-electron chi connectivity index (χ3n) is 3.52. The Balaban J connectivity index is 1.68. The van der Waals surface area contributed by atoms with Gasteiger partial charge in [-0.25, -0.2) is 15.0 Å². The van der Waals surface area contributed by atoms with Crippen molar-refractivity contribution in [1.82, 2.24) is 9.55 Å². The van der Waals surface area contributed by atoms with Crippen LogP contribution in [0.5, 0.6) is 0 Å². The van der Waals surface area contributed by atoms with Crippen LogP contribution in [0, 0.1) is 6.92 Å². The van der Waals surface area contributed by atoms with Gasteiger partial charge in [0.15, 0.2) is 5.96 Å². The number of halogens is 1. The summed E-state index contributed by atoms with van der Waals surface area (Å²) in [5, 5.41) is 3.63. The quantitative estimate of drug-likeness (QED) is 0.372. The number of nitrogens with two attached hydrogens (primary N) is 2. The predicted molar refractivity (Wildman–Crippen MR) is 108 cm³/mol. The molecule has 26 heavy (non-hydrogen) atoms. The largest absolute Gasteiger partial charge is 0.397 e. The Labute approximate surface area is 156 Å². The van der Waals surface area contributed by atoms with Crippen molar-refractivity contribution in [3.05, 3.63) is 65.7 Å². The molecule has 132 valence electrons. The molecule has 0 aliphatic heterocycles. The second-order valence-electron chi connectivity index (χ2n) is 5.56. The molecule has 7 nitrogen and oxygen atoms in total. The van der Waals surface area contributed by atoms with E-state index in [1.807, 2.05) is 29.8 Å². The van der Waals surface area contributed by atoms with Gasteiger partial charge in [-0.2, -0.15) is 0 Å². The van der Waals surface area contributed by atoms with Crippen molar-refractivity contribution < 1.29 is 0 Å². The number of benzene rings is 2. The van der Waals surface area contributed by atoms with E-state index in [0.29, 0.717) is 10.7 Å². The monoisotopic (exact) mass is 367 g/mol. The highest BCUT2D eigenvalue weighted by Crippen LogP contribution is 2.22. The molecule has 0 aliphatic rings. The molecule has 3 rings (SSSR count). The molecule has 0 unspecified atom stereocenters. The molecule has 8 heteroatoms. The highest BCUT2D eigenvalue weighted by Gasteiger charge is 2.04. The number of aromatic nitrogens is 2. The number of hydrogen-bond acceptors (Lipinski definition) is 3. The van der Waals surface area contributed by atoms with Crippen LogP contribution in [-0.4, -0.2) is 21.8 Å². The van der Waals surface area contributed by atoms with E-state index in [-0.39, 0.29) is 5.96 Å². The van der Waals surface area contributed by atoms with Crippen LogP contribution in [0.1, 0.15) is 5.69 Å². The van der Waals surface area contributed by atoms with Gasteiger partial charge in [-0.1, -0.05) is 11.6 Å². The van der Waals surface area contributed by atoms with Crippen LogP contribution in [0.25, 0.3) is 5.69 Å². The first-order valence-electron chi connectivity index (χ1n) is 7.80. The zero-order valence-corrected chi connectivity index (χ0v) is 14.9. The second kappa shape index (κ2) is 7.71. The van der Waals surface area contributed by atoms with Crippen LogP contribution in [0.15, 0.2) is 65.0 Å². The van der Waals surface area contributed by atoms with E-state index in [9.17, 15) is 0 Å². The van der Waals surface area contributed by atoms with Crippen molar-refractivity contribution in [3.63, 3.8) is 0 Å². The first-order valence-corrected chi connectivity index (χ1v) is 8.18. The molecular weight excluding hydrogens is 350 g/mol. The van der Waals surface area contributed by atoms with E-state index >= 15 is 0 Å². The molecular formula is C18H18ClN7. The van der Waals surface area contributed by atoms with E-state index in [2.05, 4.69) is 20.3 Å². The number of nitrogens with one attached hydrogen (secondary N) is 1. The molecule has 0 atom stereocenters. The first-order chi connectivity index (χ1) is 12.5. The number of nitrogens with zero attached hydrogens (tertiary/aromatic N) is 4. The lowest BCUT2D eigenvalue weighted by atomic mass is 10.2. The maximum Gasteiger partial charge on any atom is 0.199 e. The molecule has 0 fully saturated rings. The third kappa shape index (κ3) is 4.40. The highest BCUT2D eigenvalue weighted by molar-refractivity contribution is 6.30. The van der Waals surface area contributed by atoms with Gasteiger partial charge in [0.2, 0.25) is 0 Å². The average molecular weight is 368 g/mol. The Morgan fingerprint density at radius 3 is 2.65 bits per heavy atom. The molecule has 3 aromatic rings. The Morgan fingerprint density at radius 1 is 1.23 bits per heavy atom. The first kappa shape index (κ1) is 17.5. The van der Waals surface area contributed by atoms with Crippen molar-refractivity contribution >= 4 is 41.0 Å². The van der Waals surface area contributed by atoms with E-state index in [0.717, 1.165) is 22.8 Å². The summed E-state index contributed by atoms with van der Waals surface area (Å²) < 4.78 is 1.87. The van der Waals surface area contributed by atoms with Gasteiger partial charge < -0.3 is 21.4 Å². The van der Waals surface area contributed by atoms with E-state index in [4.69, 9.17) is 23.1 Å². The van der Waals surface area contributed by atoms with E-state index in [1.165, 1.54) is 6.34 Å². The average Bonchev–Trinajstić information content (AvgIpc) is 3.03. The fourth-order valence-electron chi connectivity index (χ4n) is 2.29. The number of rotatable bonds is 4. The lowest BCUT2D eigenvalue weighted by Gasteiger charge is -2.10. The summed E-state index contributed by atoms with van der Waals surface area (Å²) in [7, 11) is 0. The van der Waals surface area contributed by atoms with Crippen LogP contribution < -0.4 is 16.8 Å². The molecule has 0 saturated heterocycles. The van der Waals surface area contributed by atoms with Gasteiger partial charge in [-0.15, -0.1) is 0 Å². The Morgan fingerprint density at radius 2 is 2.00 bits per heavy atom. The lowest BCUT2D eigenvalue weighted by Crippen LogP contribution is -2.22. The SMILES string of the molecule is Cc1cn(-c2ccc(NC(N)=NC=Nc3ccc(Cl)cc3)cc2N)cn1. The van der Waals surface area contributed by atoms with Crippen LogP contribution in [0.4, 0.5) is 17.1 Å². The lowest BCUT2D eigenvalue weighted by molar-refractivity contribution is 1.06. The topological polar surface area (TPSA) is 107 Å². The Bertz CT molecular complexity index is 958. The minimum atomic E-state index is 0.202. The summed E-state index contributed by atoms with van der Waals surface area (Å²) in [6.07, 6.45) is 5.00. The van der Waals surface area contributed by atoms with Gasteiger partial charge >= 0.3 is 0 Å². The molecule has 0 spiro atoms. The van der Waals surface area contributed by atoms with Gasteiger partial charge in [0.25, 0.3) is 0 Å². The smallest absolute Gasteiger partial charge is 0.199 e. The van der Waals surface area contributed by atoms with Crippen molar-refractivity contribution in [2.24, 2.45) is 15.7 Å². The fourth-order valence-corrected chi connectivity index (χ4v) is 2.41. The maximum absolute atomic E-state index is 6.12. The molecule has 1 aromatic heterocycles. The minimum absolute atomic E-state index is 0.202. The zero-order chi connectivity index (χ0) is 18.5. The number of aryl methyl sites for hydroxylation is 1. The van der Waals surface area contributed by atoms with Crippen molar-refractivity contribution in [2.75, 3.05) is 11.1 Å². The van der Waals surface area contributed by atoms with Gasteiger partial charge in [0.1, 0.15) is 6.34 Å². The van der Waals surface area contributed by atoms with Gasteiger partial charge in [-0.05, 0) is 49.4 Å². The van der Waals surface area contributed by atoms with E-state index in [1.54, 1.807) is 36.7 Å². The molecule has 0 saturated carbocycles. The summed E-state index contributed by atoms with van der Waals surface area (Å²) in [6, 6.07) is 12.6. The highest BCUT2D eigenvalue weighted by atomic mass is 35.5. The zero-order valence-electron chi connectivity index (χ0n) is 14.1. The molecule has 0 bridgehead atoms. The van der Waals surface area contributed by atoms with Crippen LogP contribution in [-0.2, 0) is 0 Å². The Kier molecular flexibility index (Phi) is 5.19. The maximum atomic E-state index is 6.12.